The summed E-state index contributed by atoms with van der Waals surface area (Å²) in [5, 5.41) is 9.43. The van der Waals surface area contributed by atoms with Crippen molar-refractivity contribution in [3.63, 3.8) is 0 Å². The lowest BCUT2D eigenvalue weighted by molar-refractivity contribution is -0.159. The standard InChI is InChI=1S/C11H22INO3/c1-8(2)6-11(3,4)16-10(15)5-9(14)7-13-12/h8-9,13-14H,5-7H2,1-4H3. The summed E-state index contributed by atoms with van der Waals surface area (Å²) in [5.41, 5.74) is -0.456. The number of aliphatic hydroxyl groups is 1. The van der Waals surface area contributed by atoms with Crippen molar-refractivity contribution in [1.82, 2.24) is 3.53 Å². The Morgan fingerprint density at radius 2 is 2.06 bits per heavy atom. The maximum atomic E-state index is 11.5. The number of nitrogens with one attached hydrogen (secondary N) is 1. The van der Waals surface area contributed by atoms with Crippen molar-refractivity contribution in [3.8, 4) is 0 Å². The van der Waals surface area contributed by atoms with Crippen molar-refractivity contribution in [2.45, 2.75) is 52.2 Å². The lowest BCUT2D eigenvalue weighted by Gasteiger charge is -2.27. The Hall–Kier alpha value is 0.120. The van der Waals surface area contributed by atoms with Gasteiger partial charge in [-0.25, -0.2) is 0 Å². The molecule has 4 nitrogen and oxygen atoms in total. The second-order valence-electron chi connectivity index (χ2n) is 5.03. The molecule has 1 unspecified atom stereocenters. The molecule has 0 aliphatic heterocycles. The molecule has 0 rings (SSSR count). The molecule has 0 aliphatic carbocycles. The molecule has 0 aliphatic rings. The Bertz CT molecular complexity index is 219. The van der Waals surface area contributed by atoms with Crippen LogP contribution in [0.5, 0.6) is 0 Å². The van der Waals surface area contributed by atoms with E-state index in [0.717, 1.165) is 6.42 Å². The molecule has 0 aromatic rings. The normalized spacial score (nSPS) is 13.9. The molecular formula is C11H22INO3. The maximum absolute atomic E-state index is 11.5. The Morgan fingerprint density at radius 1 is 1.50 bits per heavy atom. The molecule has 2 N–H and O–H groups in total. The number of halogens is 1. The Morgan fingerprint density at radius 3 is 2.50 bits per heavy atom. The maximum Gasteiger partial charge on any atom is 0.308 e. The smallest absolute Gasteiger partial charge is 0.308 e. The molecule has 0 saturated carbocycles. The van der Waals surface area contributed by atoms with Crippen molar-refractivity contribution >= 4 is 28.8 Å². The third kappa shape index (κ3) is 8.29. The number of esters is 1. The first-order valence-electron chi connectivity index (χ1n) is 5.50. The molecule has 16 heavy (non-hydrogen) atoms. The van der Waals surface area contributed by atoms with Gasteiger partial charge >= 0.3 is 5.97 Å². The highest BCUT2D eigenvalue weighted by Crippen LogP contribution is 2.20. The number of carbonyl (C=O) groups is 1. The van der Waals surface area contributed by atoms with Crippen LogP contribution in [0.1, 0.15) is 40.5 Å². The van der Waals surface area contributed by atoms with E-state index in [-0.39, 0.29) is 12.4 Å². The zero-order chi connectivity index (χ0) is 12.8. The third-order valence-electron chi connectivity index (χ3n) is 2.01. The molecule has 0 heterocycles. The van der Waals surface area contributed by atoms with E-state index in [9.17, 15) is 9.90 Å². The summed E-state index contributed by atoms with van der Waals surface area (Å²) in [6.45, 7) is 8.36. The number of rotatable bonds is 7. The molecule has 0 aromatic heterocycles. The van der Waals surface area contributed by atoms with E-state index >= 15 is 0 Å². The van der Waals surface area contributed by atoms with Crippen LogP contribution in [-0.4, -0.2) is 29.3 Å². The Balaban J connectivity index is 4.03. The fraction of sp³-hybridized carbons (Fsp3) is 0.909. The summed E-state index contributed by atoms with van der Waals surface area (Å²) in [6, 6.07) is 0. The number of hydrogen-bond acceptors (Lipinski definition) is 4. The highest BCUT2D eigenvalue weighted by atomic mass is 127. The number of hydrogen-bond donors (Lipinski definition) is 2. The summed E-state index contributed by atoms with van der Waals surface area (Å²) in [7, 11) is 0. The van der Waals surface area contributed by atoms with Crippen LogP contribution in [-0.2, 0) is 9.53 Å². The third-order valence-corrected chi connectivity index (χ3v) is 2.45. The minimum Gasteiger partial charge on any atom is -0.460 e. The quantitative estimate of drug-likeness (QED) is 0.422. The van der Waals surface area contributed by atoms with E-state index < -0.39 is 11.7 Å². The zero-order valence-electron chi connectivity index (χ0n) is 10.4. The van der Waals surface area contributed by atoms with Crippen LogP contribution in [0, 0.1) is 5.92 Å². The van der Waals surface area contributed by atoms with Gasteiger partial charge in [-0.2, -0.15) is 0 Å². The van der Waals surface area contributed by atoms with Gasteiger partial charge in [-0.15, -0.1) is 0 Å². The first kappa shape index (κ1) is 16.1. The van der Waals surface area contributed by atoms with Crippen LogP contribution in [0.2, 0.25) is 0 Å². The summed E-state index contributed by atoms with van der Waals surface area (Å²) in [5.74, 6) is 0.133. The number of aliphatic hydroxyl groups excluding tert-OH is 1. The van der Waals surface area contributed by atoms with Crippen molar-refractivity contribution in [1.29, 1.82) is 0 Å². The van der Waals surface area contributed by atoms with Crippen LogP contribution in [0.15, 0.2) is 0 Å². The lowest BCUT2D eigenvalue weighted by Crippen LogP contribution is -2.32. The molecule has 0 spiro atoms. The van der Waals surface area contributed by atoms with Crippen LogP contribution >= 0.6 is 22.9 Å². The number of ether oxygens (including phenoxy) is 1. The van der Waals surface area contributed by atoms with Gasteiger partial charge in [-0.3, -0.25) is 8.32 Å². The lowest BCUT2D eigenvalue weighted by atomic mass is 9.96. The van der Waals surface area contributed by atoms with E-state index in [4.69, 9.17) is 4.74 Å². The van der Waals surface area contributed by atoms with Crippen LogP contribution in [0.3, 0.4) is 0 Å². The molecule has 0 bridgehead atoms. The molecule has 0 saturated heterocycles. The Kier molecular flexibility index (Phi) is 7.50. The van der Waals surface area contributed by atoms with E-state index in [1.165, 1.54) is 0 Å². The van der Waals surface area contributed by atoms with Gasteiger partial charge in [-0.05, 0) is 26.2 Å². The predicted molar refractivity (Wildman–Crippen MR) is 72.3 cm³/mol. The number of carbonyl (C=O) groups excluding carboxylic acids is 1. The molecule has 0 aromatic carbocycles. The van der Waals surface area contributed by atoms with E-state index in [1.54, 1.807) is 0 Å². The van der Waals surface area contributed by atoms with Crippen molar-refractivity contribution in [3.05, 3.63) is 0 Å². The average Bonchev–Trinajstić information content (AvgIpc) is 1.98. The molecule has 0 fully saturated rings. The Labute approximate surface area is 112 Å². The molecule has 0 radical (unpaired) electrons. The van der Waals surface area contributed by atoms with Gasteiger partial charge in [0.05, 0.1) is 12.5 Å². The minimum absolute atomic E-state index is 0.0392. The van der Waals surface area contributed by atoms with Crippen LogP contribution in [0.4, 0.5) is 0 Å². The van der Waals surface area contributed by atoms with Gasteiger partial charge in [0.25, 0.3) is 0 Å². The fourth-order valence-corrected chi connectivity index (χ4v) is 2.24. The summed E-state index contributed by atoms with van der Waals surface area (Å²) in [4.78, 5) is 11.5. The molecule has 96 valence electrons. The van der Waals surface area contributed by atoms with Gasteiger partial charge in [0.15, 0.2) is 0 Å². The van der Waals surface area contributed by atoms with E-state index in [0.29, 0.717) is 12.5 Å². The van der Waals surface area contributed by atoms with Gasteiger partial charge in [0.1, 0.15) is 5.60 Å². The predicted octanol–water partition coefficient (Wildman–Crippen LogP) is 2.04. The zero-order valence-corrected chi connectivity index (χ0v) is 12.6. The highest BCUT2D eigenvalue weighted by Gasteiger charge is 2.25. The SMILES string of the molecule is CC(C)CC(C)(C)OC(=O)CC(O)CNI. The monoisotopic (exact) mass is 343 g/mol. The van der Waals surface area contributed by atoms with Crippen molar-refractivity contribution in [2.75, 3.05) is 6.54 Å². The van der Waals surface area contributed by atoms with E-state index in [1.807, 2.05) is 36.7 Å². The second kappa shape index (κ2) is 7.45. The average molecular weight is 343 g/mol. The summed E-state index contributed by atoms with van der Waals surface area (Å²) < 4.78 is 8.12. The molecule has 1 atom stereocenters. The van der Waals surface area contributed by atoms with Gasteiger partial charge in [0, 0.05) is 29.4 Å². The molecular weight excluding hydrogens is 321 g/mol. The first-order valence-corrected chi connectivity index (χ1v) is 6.58. The molecule has 0 amide bonds. The first-order chi connectivity index (χ1) is 7.26. The highest BCUT2D eigenvalue weighted by molar-refractivity contribution is 14.1. The van der Waals surface area contributed by atoms with Gasteiger partial charge < -0.3 is 9.84 Å². The topological polar surface area (TPSA) is 58.6 Å². The van der Waals surface area contributed by atoms with Crippen molar-refractivity contribution in [2.24, 2.45) is 5.92 Å². The molecule has 5 heteroatoms. The summed E-state index contributed by atoms with van der Waals surface area (Å²) >= 11 is 1.93. The van der Waals surface area contributed by atoms with E-state index in [2.05, 4.69) is 17.4 Å². The van der Waals surface area contributed by atoms with Crippen LogP contribution < -0.4 is 3.53 Å². The largest absolute Gasteiger partial charge is 0.460 e. The van der Waals surface area contributed by atoms with Crippen molar-refractivity contribution < 1.29 is 14.6 Å². The fourth-order valence-electron chi connectivity index (χ4n) is 1.73. The van der Waals surface area contributed by atoms with Crippen LogP contribution in [0.25, 0.3) is 0 Å². The minimum atomic E-state index is -0.681. The van der Waals surface area contributed by atoms with Gasteiger partial charge in [-0.1, -0.05) is 13.8 Å². The van der Waals surface area contributed by atoms with Gasteiger partial charge in [0.2, 0.25) is 0 Å². The second-order valence-corrected chi connectivity index (χ2v) is 5.79. The summed E-state index contributed by atoms with van der Waals surface area (Å²) in [6.07, 6.45) is 0.177.